The third-order valence-electron chi connectivity index (χ3n) is 4.23. The van der Waals surface area contributed by atoms with Gasteiger partial charge in [-0.1, -0.05) is 62.9 Å². The monoisotopic (exact) mass is 386 g/mol. The van der Waals surface area contributed by atoms with Crippen LogP contribution in [0.5, 0.6) is 0 Å². The van der Waals surface area contributed by atoms with Gasteiger partial charge in [-0.25, -0.2) is 4.98 Å². The number of carbonyl (C=O) groups is 1. The van der Waals surface area contributed by atoms with Crippen LogP contribution in [0.1, 0.15) is 27.7 Å². The summed E-state index contributed by atoms with van der Waals surface area (Å²) in [5, 5.41) is 3.27. The van der Waals surface area contributed by atoms with Gasteiger partial charge in [0.25, 0.3) is 5.56 Å². The third kappa shape index (κ3) is 3.62. The van der Waals surface area contributed by atoms with E-state index in [1.165, 1.54) is 23.1 Å². The molecule has 0 radical (unpaired) electrons. The summed E-state index contributed by atoms with van der Waals surface area (Å²) < 4.78 is 1.67. The second-order valence-corrected chi connectivity index (χ2v) is 8.90. The van der Waals surface area contributed by atoms with Gasteiger partial charge in [0, 0.05) is 22.9 Å². The van der Waals surface area contributed by atoms with Gasteiger partial charge in [0.05, 0.1) is 11.1 Å². The van der Waals surface area contributed by atoms with Crippen LogP contribution in [-0.2, 0) is 11.3 Å². The van der Waals surface area contributed by atoms with E-state index in [0.717, 1.165) is 16.0 Å². The summed E-state index contributed by atoms with van der Waals surface area (Å²) in [5.41, 5.74) is 1.51. The Morgan fingerprint density at radius 1 is 1.23 bits per heavy atom. The topological polar surface area (TPSA) is 52.0 Å². The molecule has 0 saturated carbocycles. The second kappa shape index (κ2) is 7.37. The zero-order valence-electron chi connectivity index (χ0n) is 15.4. The molecule has 2 aromatic heterocycles. The van der Waals surface area contributed by atoms with Gasteiger partial charge in [0.15, 0.2) is 5.16 Å². The summed E-state index contributed by atoms with van der Waals surface area (Å²) in [7, 11) is 0. The predicted octanol–water partition coefficient (Wildman–Crippen LogP) is 4.85. The number of thiophene rings is 1. The smallest absolute Gasteiger partial charge is 0.263 e. The molecule has 0 unspecified atom stereocenters. The molecule has 0 amide bonds. The largest absolute Gasteiger partial charge is 0.298 e. The number of aromatic nitrogens is 2. The van der Waals surface area contributed by atoms with Crippen LogP contribution in [0.3, 0.4) is 0 Å². The van der Waals surface area contributed by atoms with Crippen LogP contribution < -0.4 is 5.56 Å². The lowest BCUT2D eigenvalue weighted by Gasteiger charge is -2.16. The number of Topliss-reactive ketones (excluding diaryl/α,β-unsaturated/α-hetero) is 1. The molecule has 6 heteroatoms. The van der Waals surface area contributed by atoms with Crippen LogP contribution in [-0.4, -0.2) is 21.1 Å². The minimum absolute atomic E-state index is 0.0386. The van der Waals surface area contributed by atoms with Crippen LogP contribution >= 0.6 is 23.1 Å². The Balaban J connectivity index is 2.05. The van der Waals surface area contributed by atoms with Crippen molar-refractivity contribution in [1.29, 1.82) is 0 Å². The number of ketones is 1. The number of hydrogen-bond acceptors (Lipinski definition) is 5. The number of nitrogens with zero attached hydrogens (tertiary/aromatic N) is 2. The molecular formula is C20H22N2O2S2. The van der Waals surface area contributed by atoms with Gasteiger partial charge >= 0.3 is 0 Å². The van der Waals surface area contributed by atoms with Gasteiger partial charge in [0.1, 0.15) is 10.6 Å². The molecule has 0 bridgehead atoms. The quantitative estimate of drug-likeness (QED) is 0.464. The Hall–Kier alpha value is -1.92. The molecule has 4 nitrogen and oxygen atoms in total. The summed E-state index contributed by atoms with van der Waals surface area (Å²) in [6.45, 7) is 8.18. The van der Waals surface area contributed by atoms with E-state index in [0.29, 0.717) is 22.8 Å². The summed E-state index contributed by atoms with van der Waals surface area (Å²) >= 11 is 2.82. The molecule has 0 aliphatic heterocycles. The van der Waals surface area contributed by atoms with Crippen molar-refractivity contribution in [3.63, 3.8) is 0 Å². The highest BCUT2D eigenvalue weighted by atomic mass is 32.2. The lowest BCUT2D eigenvalue weighted by atomic mass is 9.92. The summed E-state index contributed by atoms with van der Waals surface area (Å²) in [5.74, 6) is 0.467. The number of rotatable bonds is 5. The van der Waals surface area contributed by atoms with Crippen molar-refractivity contribution >= 4 is 39.1 Å². The minimum Gasteiger partial charge on any atom is -0.298 e. The van der Waals surface area contributed by atoms with Crippen molar-refractivity contribution in [3.05, 3.63) is 46.1 Å². The van der Waals surface area contributed by atoms with Crippen molar-refractivity contribution in [1.82, 2.24) is 9.55 Å². The molecule has 0 aliphatic rings. The SMILES string of the molecule is CCn1c(SCC(=O)C(C)(C)C)nc2scc(-c3ccccc3)c2c1=O. The van der Waals surface area contributed by atoms with E-state index in [2.05, 4.69) is 0 Å². The Morgan fingerprint density at radius 2 is 1.92 bits per heavy atom. The molecule has 0 aliphatic carbocycles. The van der Waals surface area contributed by atoms with Gasteiger partial charge < -0.3 is 0 Å². The van der Waals surface area contributed by atoms with Crippen LogP contribution in [0.2, 0.25) is 0 Å². The van der Waals surface area contributed by atoms with Crippen LogP contribution in [0, 0.1) is 5.41 Å². The molecule has 1 aromatic carbocycles. The molecule has 2 heterocycles. The van der Waals surface area contributed by atoms with Crippen molar-refractivity contribution in [2.75, 3.05) is 5.75 Å². The maximum Gasteiger partial charge on any atom is 0.263 e. The Labute approximate surface area is 161 Å². The van der Waals surface area contributed by atoms with Gasteiger partial charge in [-0.05, 0) is 12.5 Å². The summed E-state index contributed by atoms with van der Waals surface area (Å²) in [4.78, 5) is 30.8. The minimum atomic E-state index is -0.391. The van der Waals surface area contributed by atoms with Crippen molar-refractivity contribution in [3.8, 4) is 11.1 Å². The maximum atomic E-state index is 13.1. The molecule has 0 fully saturated rings. The van der Waals surface area contributed by atoms with Crippen LogP contribution in [0.25, 0.3) is 21.3 Å². The zero-order chi connectivity index (χ0) is 18.9. The normalized spacial score (nSPS) is 11.8. The van der Waals surface area contributed by atoms with Gasteiger partial charge in [0.2, 0.25) is 0 Å². The Morgan fingerprint density at radius 3 is 2.54 bits per heavy atom. The standard InChI is InChI=1S/C20H22N2O2S2/c1-5-22-18(24)16-14(13-9-7-6-8-10-13)11-25-17(16)21-19(22)26-12-15(23)20(2,3)4/h6-11H,5,12H2,1-4H3. The first-order chi connectivity index (χ1) is 12.3. The number of carbonyl (C=O) groups excluding carboxylic acids is 1. The Bertz CT molecular complexity index is 998. The fraction of sp³-hybridized carbons (Fsp3) is 0.350. The van der Waals surface area contributed by atoms with E-state index in [-0.39, 0.29) is 11.3 Å². The molecule has 3 rings (SSSR count). The molecule has 0 N–H and O–H groups in total. The van der Waals surface area contributed by atoms with E-state index < -0.39 is 5.41 Å². The highest BCUT2D eigenvalue weighted by molar-refractivity contribution is 7.99. The first kappa shape index (κ1) is 18.9. The number of fused-ring (bicyclic) bond motifs is 1. The van der Waals surface area contributed by atoms with Crippen LogP contribution in [0.15, 0.2) is 45.7 Å². The van der Waals surface area contributed by atoms with Crippen molar-refractivity contribution < 1.29 is 4.79 Å². The second-order valence-electron chi connectivity index (χ2n) is 7.10. The molecule has 0 atom stereocenters. The number of benzene rings is 1. The molecule has 0 spiro atoms. The van der Waals surface area contributed by atoms with E-state index in [1.807, 2.05) is 63.4 Å². The van der Waals surface area contributed by atoms with E-state index in [9.17, 15) is 9.59 Å². The van der Waals surface area contributed by atoms with Gasteiger partial charge in [-0.3, -0.25) is 14.2 Å². The molecule has 0 saturated heterocycles. The van der Waals surface area contributed by atoms with E-state index in [4.69, 9.17) is 4.98 Å². The van der Waals surface area contributed by atoms with Gasteiger partial charge in [-0.2, -0.15) is 0 Å². The molecule has 3 aromatic rings. The molecular weight excluding hydrogens is 364 g/mol. The average molecular weight is 387 g/mol. The highest BCUT2D eigenvalue weighted by Gasteiger charge is 2.23. The zero-order valence-corrected chi connectivity index (χ0v) is 17.0. The fourth-order valence-electron chi connectivity index (χ4n) is 2.57. The summed E-state index contributed by atoms with van der Waals surface area (Å²) in [6.07, 6.45) is 0. The lowest BCUT2D eigenvalue weighted by Crippen LogP contribution is -2.25. The van der Waals surface area contributed by atoms with Gasteiger partial charge in [-0.15, -0.1) is 11.3 Å². The van der Waals surface area contributed by atoms with E-state index in [1.54, 1.807) is 4.57 Å². The third-order valence-corrected chi connectivity index (χ3v) is 6.08. The lowest BCUT2D eigenvalue weighted by molar-refractivity contribution is -0.123. The highest BCUT2D eigenvalue weighted by Crippen LogP contribution is 2.32. The number of thioether (sulfide) groups is 1. The van der Waals surface area contributed by atoms with Crippen molar-refractivity contribution in [2.24, 2.45) is 5.41 Å². The summed E-state index contributed by atoms with van der Waals surface area (Å²) in [6, 6.07) is 9.89. The first-order valence-electron chi connectivity index (χ1n) is 8.56. The predicted molar refractivity (Wildman–Crippen MR) is 110 cm³/mol. The van der Waals surface area contributed by atoms with Crippen LogP contribution in [0.4, 0.5) is 0 Å². The fourth-order valence-corrected chi connectivity index (χ4v) is 4.78. The molecule has 136 valence electrons. The van der Waals surface area contributed by atoms with E-state index >= 15 is 0 Å². The molecule has 26 heavy (non-hydrogen) atoms. The first-order valence-corrected chi connectivity index (χ1v) is 10.4. The maximum absolute atomic E-state index is 13.1. The average Bonchev–Trinajstić information content (AvgIpc) is 3.04. The number of hydrogen-bond donors (Lipinski definition) is 0. The van der Waals surface area contributed by atoms with Crippen molar-refractivity contribution in [2.45, 2.75) is 39.4 Å². The Kier molecular flexibility index (Phi) is 5.34.